The molecule has 0 spiro atoms. The average molecular weight is 427 g/mol. The van der Waals surface area contributed by atoms with Gasteiger partial charge in [0.1, 0.15) is 5.82 Å². The molecule has 0 aliphatic rings. The van der Waals surface area contributed by atoms with E-state index in [1.807, 2.05) is 17.5 Å². The molecule has 1 atom stereocenters. The number of nitrogens with one attached hydrogen (secondary N) is 2. The number of rotatable bonds is 8. The number of hydrogen-bond donors (Lipinski definition) is 2. The number of carbonyl (C=O) groups is 2. The van der Waals surface area contributed by atoms with Crippen LogP contribution in [0.4, 0.5) is 10.1 Å². The minimum Gasteiger partial charge on any atom is -0.352 e. The first-order valence-corrected chi connectivity index (χ1v) is 9.93. The zero-order valence-corrected chi connectivity index (χ0v) is 16.5. The Morgan fingerprint density at radius 1 is 1.07 bits per heavy atom. The van der Waals surface area contributed by atoms with Gasteiger partial charge >= 0.3 is 0 Å². The van der Waals surface area contributed by atoms with E-state index in [9.17, 15) is 24.1 Å². The fourth-order valence-corrected chi connectivity index (χ4v) is 3.59. The molecule has 0 saturated heterocycles. The van der Waals surface area contributed by atoms with Gasteiger partial charge in [-0.1, -0.05) is 18.2 Å². The zero-order chi connectivity index (χ0) is 21.5. The van der Waals surface area contributed by atoms with Crippen LogP contribution in [0.5, 0.6) is 0 Å². The maximum Gasteiger partial charge on any atom is 0.269 e. The van der Waals surface area contributed by atoms with E-state index in [1.54, 1.807) is 12.1 Å². The lowest BCUT2D eigenvalue weighted by Gasteiger charge is -2.18. The topological polar surface area (TPSA) is 101 Å². The highest BCUT2D eigenvalue weighted by Crippen LogP contribution is 2.26. The lowest BCUT2D eigenvalue weighted by molar-refractivity contribution is -0.384. The van der Waals surface area contributed by atoms with Crippen molar-refractivity contribution in [3.05, 3.63) is 98.0 Å². The van der Waals surface area contributed by atoms with Crippen LogP contribution in [-0.4, -0.2) is 23.3 Å². The van der Waals surface area contributed by atoms with Crippen molar-refractivity contribution in [2.24, 2.45) is 0 Å². The van der Waals surface area contributed by atoms with Crippen LogP contribution in [0.3, 0.4) is 0 Å². The number of nitrogens with zero attached hydrogens (tertiary/aromatic N) is 1. The van der Waals surface area contributed by atoms with Gasteiger partial charge in [-0.2, -0.15) is 0 Å². The second kappa shape index (κ2) is 9.75. The number of nitro groups is 1. The van der Waals surface area contributed by atoms with Gasteiger partial charge in [-0.05, 0) is 41.3 Å². The van der Waals surface area contributed by atoms with Crippen molar-refractivity contribution in [1.29, 1.82) is 0 Å². The summed E-state index contributed by atoms with van der Waals surface area (Å²) < 4.78 is 13.2. The summed E-state index contributed by atoms with van der Waals surface area (Å²) in [5.74, 6) is -1.06. The Hall–Kier alpha value is -3.59. The van der Waals surface area contributed by atoms with Gasteiger partial charge in [0, 0.05) is 35.5 Å². The van der Waals surface area contributed by atoms with Gasteiger partial charge < -0.3 is 10.6 Å². The van der Waals surface area contributed by atoms with Crippen molar-refractivity contribution in [3.63, 3.8) is 0 Å². The van der Waals surface area contributed by atoms with Crippen molar-refractivity contribution in [2.45, 2.75) is 12.5 Å². The number of benzene rings is 2. The fourth-order valence-electron chi connectivity index (χ4n) is 2.79. The molecule has 0 aliphatic heterocycles. The third-order valence-corrected chi connectivity index (χ3v) is 5.25. The quantitative estimate of drug-likeness (QED) is 0.421. The summed E-state index contributed by atoms with van der Waals surface area (Å²) in [5, 5.41) is 18.1. The Morgan fingerprint density at radius 2 is 1.77 bits per heavy atom. The smallest absolute Gasteiger partial charge is 0.269 e. The summed E-state index contributed by atoms with van der Waals surface area (Å²) in [5.41, 5.74) is 0.914. The van der Waals surface area contributed by atoms with Gasteiger partial charge in [-0.25, -0.2) is 4.39 Å². The number of amides is 2. The van der Waals surface area contributed by atoms with Crippen LogP contribution in [0.25, 0.3) is 0 Å². The van der Waals surface area contributed by atoms with Crippen molar-refractivity contribution in [1.82, 2.24) is 10.6 Å². The number of hydrogen-bond acceptors (Lipinski definition) is 5. The molecule has 1 aromatic heterocycles. The van der Waals surface area contributed by atoms with E-state index >= 15 is 0 Å². The van der Waals surface area contributed by atoms with Gasteiger partial charge in [0.05, 0.1) is 11.0 Å². The molecular formula is C21H18FN3O4S. The molecule has 7 nitrogen and oxygen atoms in total. The lowest BCUT2D eigenvalue weighted by Crippen LogP contribution is -2.33. The first-order valence-electron chi connectivity index (χ1n) is 9.05. The normalized spacial score (nSPS) is 11.5. The maximum absolute atomic E-state index is 13.2. The monoisotopic (exact) mass is 427 g/mol. The highest BCUT2D eigenvalue weighted by atomic mass is 32.1. The molecule has 0 bridgehead atoms. The molecule has 0 fully saturated rings. The molecule has 9 heteroatoms. The maximum atomic E-state index is 13.2. The van der Waals surface area contributed by atoms with Crippen molar-refractivity contribution in [2.75, 3.05) is 6.54 Å². The van der Waals surface area contributed by atoms with Gasteiger partial charge in [-0.15, -0.1) is 11.3 Å². The Labute approximate surface area is 175 Å². The summed E-state index contributed by atoms with van der Waals surface area (Å²) in [6, 6.07) is 14.5. The molecule has 154 valence electrons. The van der Waals surface area contributed by atoms with Gasteiger partial charge in [0.15, 0.2) is 0 Å². The largest absolute Gasteiger partial charge is 0.352 e. The standard InChI is InChI=1S/C21H18FN3O4S/c22-16-7-3-14(4-8-16)20(18-2-1-13-30-18)24-19(26)11-12-23-21(27)15-5-9-17(10-6-15)25(28)29/h1-10,13,20H,11-12H2,(H,23,27)(H,24,26)/t20-/m0/s1. The zero-order valence-electron chi connectivity index (χ0n) is 15.7. The first-order chi connectivity index (χ1) is 14.4. The fraction of sp³-hybridized carbons (Fsp3) is 0.143. The SMILES string of the molecule is O=C(CCNC(=O)c1ccc([N+](=O)[O-])cc1)N[C@@H](c1ccc(F)cc1)c1cccs1. The summed E-state index contributed by atoms with van der Waals surface area (Å²) in [4.78, 5) is 35.6. The summed E-state index contributed by atoms with van der Waals surface area (Å²) in [6.45, 7) is 0.0994. The second-order valence-electron chi connectivity index (χ2n) is 6.38. The molecule has 0 unspecified atom stereocenters. The molecule has 2 amide bonds. The summed E-state index contributed by atoms with van der Waals surface area (Å²) in [6.07, 6.45) is 0.0434. The summed E-state index contributed by atoms with van der Waals surface area (Å²) in [7, 11) is 0. The van der Waals surface area contributed by atoms with Crippen LogP contribution < -0.4 is 10.6 Å². The molecular weight excluding hydrogens is 409 g/mol. The molecule has 2 aromatic carbocycles. The molecule has 3 rings (SSSR count). The van der Waals surface area contributed by atoms with Crippen LogP contribution in [0.15, 0.2) is 66.0 Å². The van der Waals surface area contributed by atoms with Crippen molar-refractivity contribution >= 4 is 28.8 Å². The van der Waals surface area contributed by atoms with E-state index in [0.717, 1.165) is 10.4 Å². The summed E-state index contributed by atoms with van der Waals surface area (Å²) >= 11 is 1.48. The first kappa shape index (κ1) is 21.1. The Kier molecular flexibility index (Phi) is 6.87. The van der Waals surface area contributed by atoms with Gasteiger partial charge in [-0.3, -0.25) is 19.7 Å². The van der Waals surface area contributed by atoms with E-state index in [1.165, 1.54) is 47.7 Å². The van der Waals surface area contributed by atoms with Crippen LogP contribution >= 0.6 is 11.3 Å². The third kappa shape index (κ3) is 5.48. The van der Waals surface area contributed by atoms with Crippen molar-refractivity contribution < 1.29 is 18.9 Å². The van der Waals surface area contributed by atoms with Crippen LogP contribution in [0.1, 0.15) is 33.3 Å². The van der Waals surface area contributed by atoms with Crippen LogP contribution in [0.2, 0.25) is 0 Å². The highest BCUT2D eigenvalue weighted by molar-refractivity contribution is 7.10. The average Bonchev–Trinajstić information content (AvgIpc) is 3.27. The molecule has 3 aromatic rings. The number of thiophene rings is 1. The van der Waals surface area contributed by atoms with Gasteiger partial charge in [0.2, 0.25) is 5.91 Å². The van der Waals surface area contributed by atoms with Crippen molar-refractivity contribution in [3.8, 4) is 0 Å². The van der Waals surface area contributed by atoms with Crippen LogP contribution in [0, 0.1) is 15.9 Å². The van der Waals surface area contributed by atoms with Crippen LogP contribution in [-0.2, 0) is 4.79 Å². The van der Waals surface area contributed by atoms with E-state index in [2.05, 4.69) is 10.6 Å². The predicted molar refractivity (Wildman–Crippen MR) is 111 cm³/mol. The molecule has 0 radical (unpaired) electrons. The molecule has 0 aliphatic carbocycles. The number of carbonyl (C=O) groups excluding carboxylic acids is 2. The Morgan fingerprint density at radius 3 is 2.37 bits per heavy atom. The molecule has 2 N–H and O–H groups in total. The van der Waals surface area contributed by atoms with E-state index in [4.69, 9.17) is 0 Å². The lowest BCUT2D eigenvalue weighted by atomic mass is 10.0. The van der Waals surface area contributed by atoms with E-state index < -0.39 is 16.9 Å². The number of nitro benzene ring substituents is 1. The molecule has 30 heavy (non-hydrogen) atoms. The molecule has 1 heterocycles. The highest BCUT2D eigenvalue weighted by Gasteiger charge is 2.18. The Balaban J connectivity index is 1.56. The second-order valence-corrected chi connectivity index (χ2v) is 7.36. The number of non-ortho nitro benzene ring substituents is 1. The number of halogens is 1. The third-order valence-electron chi connectivity index (χ3n) is 4.31. The van der Waals surface area contributed by atoms with Gasteiger partial charge in [0.25, 0.3) is 11.6 Å². The molecule has 0 saturated carbocycles. The minimum atomic E-state index is -0.544. The Bertz CT molecular complexity index is 1020. The van der Waals surface area contributed by atoms with E-state index in [-0.39, 0.29) is 35.9 Å². The van der Waals surface area contributed by atoms with E-state index in [0.29, 0.717) is 0 Å². The minimum absolute atomic E-state index is 0.0434. The predicted octanol–water partition coefficient (Wildman–Crippen LogP) is 3.82.